The van der Waals surface area contributed by atoms with E-state index in [1.54, 1.807) is 6.92 Å². The van der Waals surface area contributed by atoms with Crippen molar-refractivity contribution in [2.45, 2.75) is 50.7 Å². The standard InChI is InChI=1S/C21H27FN4O2/c1-13-4-5-15-6-7-21(25-19(15)24-13)8-9-26(12-21)20(27)14(2)16-10-18(28-3)23-11-17(16)22/h4-5,10-11,14,19,24-25H,6-9,12H2,1-3H3/t14-,19?,21+/m1/s1. The first-order valence-corrected chi connectivity index (χ1v) is 9.80. The SMILES string of the molecule is COc1cc([C@@H](C)C(=O)N2CC[C@@]3(CCC4=CC=C(C)NC4N3)C2)c(F)cn1. The van der Waals surface area contributed by atoms with Gasteiger partial charge in [-0.2, -0.15) is 0 Å². The lowest BCUT2D eigenvalue weighted by Crippen LogP contribution is -2.60. The minimum Gasteiger partial charge on any atom is -0.481 e. The number of likely N-dealkylation sites (tertiary alicyclic amines) is 1. The molecule has 150 valence electrons. The van der Waals surface area contributed by atoms with Gasteiger partial charge in [0, 0.05) is 36.0 Å². The molecule has 0 aromatic carbocycles. The summed E-state index contributed by atoms with van der Waals surface area (Å²) >= 11 is 0. The van der Waals surface area contributed by atoms with E-state index in [4.69, 9.17) is 4.74 Å². The maximum Gasteiger partial charge on any atom is 0.230 e. The second-order valence-corrected chi connectivity index (χ2v) is 8.07. The monoisotopic (exact) mass is 386 g/mol. The Bertz CT molecular complexity index is 853. The van der Waals surface area contributed by atoms with Gasteiger partial charge in [0.25, 0.3) is 0 Å². The molecule has 0 radical (unpaired) electrons. The molecule has 3 aliphatic rings. The molecule has 7 heteroatoms. The third-order valence-electron chi connectivity index (χ3n) is 6.20. The largest absolute Gasteiger partial charge is 0.481 e. The number of nitrogens with one attached hydrogen (secondary N) is 2. The Morgan fingerprint density at radius 2 is 2.25 bits per heavy atom. The summed E-state index contributed by atoms with van der Waals surface area (Å²) in [7, 11) is 1.48. The molecule has 3 aliphatic heterocycles. The average Bonchev–Trinajstić information content (AvgIpc) is 3.10. The fourth-order valence-corrected chi connectivity index (χ4v) is 4.48. The number of piperidine rings is 1. The van der Waals surface area contributed by atoms with Crippen LogP contribution >= 0.6 is 0 Å². The van der Waals surface area contributed by atoms with E-state index in [0.29, 0.717) is 24.5 Å². The summed E-state index contributed by atoms with van der Waals surface area (Å²) in [6.45, 7) is 5.13. The summed E-state index contributed by atoms with van der Waals surface area (Å²) in [5.41, 5.74) is 2.74. The third-order valence-corrected chi connectivity index (χ3v) is 6.20. The molecule has 3 atom stereocenters. The van der Waals surface area contributed by atoms with E-state index < -0.39 is 11.7 Å². The Labute approximate surface area is 164 Å². The molecule has 1 aromatic rings. The van der Waals surface area contributed by atoms with Gasteiger partial charge in [0.05, 0.1) is 25.4 Å². The predicted octanol–water partition coefficient (Wildman–Crippen LogP) is 2.45. The number of nitrogens with zero attached hydrogens (tertiary/aromatic N) is 2. The van der Waals surface area contributed by atoms with Gasteiger partial charge in [-0.05, 0) is 44.8 Å². The van der Waals surface area contributed by atoms with Gasteiger partial charge in [-0.15, -0.1) is 0 Å². The van der Waals surface area contributed by atoms with Crippen molar-refractivity contribution in [3.05, 3.63) is 47.1 Å². The Balaban J connectivity index is 1.46. The molecule has 4 rings (SSSR count). The normalized spacial score (nSPS) is 27.6. The van der Waals surface area contributed by atoms with E-state index in [2.05, 4.69) is 34.7 Å². The number of hydrogen-bond donors (Lipinski definition) is 2. The lowest BCUT2D eigenvalue weighted by molar-refractivity contribution is -0.131. The summed E-state index contributed by atoms with van der Waals surface area (Å²) in [6.07, 6.45) is 8.47. The number of carbonyl (C=O) groups excluding carboxylic acids is 1. The third kappa shape index (κ3) is 3.39. The van der Waals surface area contributed by atoms with Gasteiger partial charge in [0.15, 0.2) is 0 Å². The van der Waals surface area contributed by atoms with Gasteiger partial charge in [0.2, 0.25) is 11.8 Å². The summed E-state index contributed by atoms with van der Waals surface area (Å²) in [6, 6.07) is 1.51. The molecule has 6 nitrogen and oxygen atoms in total. The zero-order valence-corrected chi connectivity index (χ0v) is 16.6. The first-order valence-electron chi connectivity index (χ1n) is 9.80. The number of allylic oxidation sites excluding steroid dienone is 3. The van der Waals surface area contributed by atoms with Crippen LogP contribution in [0.15, 0.2) is 35.7 Å². The number of hydrogen-bond acceptors (Lipinski definition) is 5. The second-order valence-electron chi connectivity index (χ2n) is 8.07. The second kappa shape index (κ2) is 7.20. The highest BCUT2D eigenvalue weighted by atomic mass is 19.1. The molecule has 2 N–H and O–H groups in total. The molecule has 28 heavy (non-hydrogen) atoms. The van der Waals surface area contributed by atoms with E-state index in [1.807, 2.05) is 4.90 Å². The summed E-state index contributed by atoms with van der Waals surface area (Å²) in [4.78, 5) is 18.8. The van der Waals surface area contributed by atoms with Crippen LogP contribution in [0, 0.1) is 5.82 Å². The van der Waals surface area contributed by atoms with Crippen molar-refractivity contribution in [3.63, 3.8) is 0 Å². The quantitative estimate of drug-likeness (QED) is 0.835. The van der Waals surface area contributed by atoms with Crippen molar-refractivity contribution in [1.82, 2.24) is 20.5 Å². The first kappa shape index (κ1) is 18.9. The van der Waals surface area contributed by atoms with Crippen LogP contribution in [0.5, 0.6) is 5.88 Å². The van der Waals surface area contributed by atoms with Gasteiger partial charge in [-0.25, -0.2) is 9.37 Å². The number of aromatic nitrogens is 1. The average molecular weight is 386 g/mol. The summed E-state index contributed by atoms with van der Waals surface area (Å²) < 4.78 is 19.3. The smallest absolute Gasteiger partial charge is 0.230 e. The number of carbonyl (C=O) groups is 1. The number of methoxy groups -OCH3 is 1. The number of rotatable bonds is 3. The number of dihydropyridines is 1. The highest BCUT2D eigenvalue weighted by molar-refractivity contribution is 5.84. The topological polar surface area (TPSA) is 66.5 Å². The number of fused-ring (bicyclic) bond motifs is 1. The van der Waals surface area contributed by atoms with Crippen LogP contribution in [0.1, 0.15) is 44.6 Å². The molecule has 1 amide bonds. The summed E-state index contributed by atoms with van der Waals surface area (Å²) in [5.74, 6) is -0.798. The number of pyridine rings is 1. The number of halogens is 1. The Kier molecular flexibility index (Phi) is 4.87. The Morgan fingerprint density at radius 3 is 3.04 bits per heavy atom. The van der Waals surface area contributed by atoms with Crippen LogP contribution in [-0.4, -0.2) is 47.7 Å². The van der Waals surface area contributed by atoms with E-state index >= 15 is 0 Å². The van der Waals surface area contributed by atoms with Crippen LogP contribution in [0.4, 0.5) is 4.39 Å². The van der Waals surface area contributed by atoms with Gasteiger partial charge < -0.3 is 15.0 Å². The molecular formula is C21H27FN4O2. The molecular weight excluding hydrogens is 359 g/mol. The highest BCUT2D eigenvalue weighted by Crippen LogP contribution is 2.36. The minimum atomic E-state index is -0.580. The van der Waals surface area contributed by atoms with E-state index in [1.165, 1.54) is 18.7 Å². The number of amides is 1. The molecule has 1 unspecified atom stereocenters. The van der Waals surface area contributed by atoms with E-state index in [0.717, 1.165) is 31.2 Å². The van der Waals surface area contributed by atoms with Gasteiger partial charge >= 0.3 is 0 Å². The van der Waals surface area contributed by atoms with Crippen molar-refractivity contribution in [2.24, 2.45) is 0 Å². The molecule has 0 aliphatic carbocycles. The molecule has 2 fully saturated rings. The molecule has 0 saturated carbocycles. The van der Waals surface area contributed by atoms with Crippen LogP contribution in [0.3, 0.4) is 0 Å². The van der Waals surface area contributed by atoms with Crippen LogP contribution < -0.4 is 15.4 Å². The predicted molar refractivity (Wildman–Crippen MR) is 104 cm³/mol. The van der Waals surface area contributed by atoms with Crippen LogP contribution in [-0.2, 0) is 4.79 Å². The van der Waals surface area contributed by atoms with Crippen molar-refractivity contribution >= 4 is 5.91 Å². The van der Waals surface area contributed by atoms with Crippen molar-refractivity contribution in [3.8, 4) is 5.88 Å². The lowest BCUT2D eigenvalue weighted by Gasteiger charge is -2.43. The first-order chi connectivity index (χ1) is 13.4. The van der Waals surface area contributed by atoms with Crippen molar-refractivity contribution in [1.29, 1.82) is 0 Å². The van der Waals surface area contributed by atoms with Gasteiger partial charge in [-0.3, -0.25) is 10.1 Å². The zero-order chi connectivity index (χ0) is 19.9. The van der Waals surface area contributed by atoms with Crippen LogP contribution in [0.2, 0.25) is 0 Å². The van der Waals surface area contributed by atoms with Crippen molar-refractivity contribution in [2.75, 3.05) is 20.2 Å². The Hall–Kier alpha value is -2.41. The van der Waals surface area contributed by atoms with E-state index in [-0.39, 0.29) is 17.6 Å². The fourth-order valence-electron chi connectivity index (χ4n) is 4.48. The maximum absolute atomic E-state index is 14.3. The molecule has 1 aromatic heterocycles. The number of ether oxygens (including phenoxy) is 1. The van der Waals surface area contributed by atoms with Crippen LogP contribution in [0.25, 0.3) is 0 Å². The summed E-state index contributed by atoms with van der Waals surface area (Å²) in [5, 5.41) is 7.23. The fraction of sp³-hybridized carbons (Fsp3) is 0.524. The van der Waals surface area contributed by atoms with Gasteiger partial charge in [0.1, 0.15) is 5.82 Å². The van der Waals surface area contributed by atoms with E-state index in [9.17, 15) is 9.18 Å². The highest BCUT2D eigenvalue weighted by Gasteiger charge is 2.45. The maximum atomic E-state index is 14.3. The molecule has 2 saturated heterocycles. The van der Waals surface area contributed by atoms with Gasteiger partial charge in [-0.1, -0.05) is 6.08 Å². The zero-order valence-electron chi connectivity index (χ0n) is 16.6. The lowest BCUT2D eigenvalue weighted by atomic mass is 9.83. The Morgan fingerprint density at radius 1 is 1.43 bits per heavy atom. The molecule has 0 bridgehead atoms. The molecule has 4 heterocycles. The minimum absolute atomic E-state index is 0.0557. The molecule has 1 spiro atoms. The van der Waals surface area contributed by atoms with Crippen molar-refractivity contribution < 1.29 is 13.9 Å².